The average Bonchev–Trinajstić information content (AvgIpc) is 2.81. The van der Waals surface area contributed by atoms with Crippen LogP contribution in [0.1, 0.15) is 53.4 Å². The zero-order valence-electron chi connectivity index (χ0n) is 12.9. The molecule has 0 bridgehead atoms. The van der Waals surface area contributed by atoms with Crippen molar-refractivity contribution in [3.8, 4) is 0 Å². The van der Waals surface area contributed by atoms with Crippen molar-refractivity contribution in [2.45, 2.75) is 72.0 Å². The van der Waals surface area contributed by atoms with E-state index in [1.54, 1.807) is 0 Å². The summed E-state index contributed by atoms with van der Waals surface area (Å²) in [5.74, 6) is 0.898. The van der Waals surface area contributed by atoms with Gasteiger partial charge in [-0.2, -0.15) is 0 Å². The van der Waals surface area contributed by atoms with Gasteiger partial charge in [0.05, 0.1) is 6.33 Å². The molecule has 0 saturated heterocycles. The summed E-state index contributed by atoms with van der Waals surface area (Å²) in [6.07, 6.45) is 11.2. The van der Waals surface area contributed by atoms with Crippen molar-refractivity contribution < 1.29 is 0 Å². The molecule has 0 spiro atoms. The lowest BCUT2D eigenvalue weighted by Gasteiger charge is -2.38. The Morgan fingerprint density at radius 1 is 1.26 bits per heavy atom. The number of hydrogen-bond acceptors (Lipinski definition) is 2. The Labute approximate surface area is 117 Å². The Kier molecular flexibility index (Phi) is 4.67. The van der Waals surface area contributed by atoms with E-state index in [-0.39, 0.29) is 0 Å². The lowest BCUT2D eigenvalue weighted by Crippen LogP contribution is -2.42. The van der Waals surface area contributed by atoms with Gasteiger partial charge < -0.3 is 9.88 Å². The minimum Gasteiger partial charge on any atom is -0.336 e. The lowest BCUT2D eigenvalue weighted by molar-refractivity contribution is 0.155. The van der Waals surface area contributed by atoms with Gasteiger partial charge in [0.2, 0.25) is 0 Å². The minimum atomic E-state index is 0.480. The highest BCUT2D eigenvalue weighted by atomic mass is 15.1. The van der Waals surface area contributed by atoms with Crippen LogP contribution in [0.2, 0.25) is 0 Å². The maximum absolute atomic E-state index is 4.09. The third kappa shape index (κ3) is 4.34. The van der Waals surface area contributed by atoms with Crippen molar-refractivity contribution in [1.29, 1.82) is 0 Å². The normalized spacial score (nSPS) is 26.3. The van der Waals surface area contributed by atoms with E-state index in [9.17, 15) is 0 Å². The Morgan fingerprint density at radius 2 is 1.95 bits per heavy atom. The van der Waals surface area contributed by atoms with Gasteiger partial charge in [0.25, 0.3) is 0 Å². The third-order valence-electron chi connectivity index (χ3n) is 4.52. The molecule has 0 amide bonds. The van der Waals surface area contributed by atoms with Gasteiger partial charge in [0.1, 0.15) is 0 Å². The van der Waals surface area contributed by atoms with Crippen LogP contribution in [0.4, 0.5) is 0 Å². The van der Waals surface area contributed by atoms with Crippen molar-refractivity contribution in [1.82, 2.24) is 14.9 Å². The van der Waals surface area contributed by atoms with Crippen LogP contribution in [0.3, 0.4) is 0 Å². The van der Waals surface area contributed by atoms with E-state index < -0.39 is 0 Å². The fraction of sp³-hybridized carbons (Fsp3) is 0.812. The van der Waals surface area contributed by atoms with E-state index in [2.05, 4.69) is 42.6 Å². The smallest absolute Gasteiger partial charge is 0.0946 e. The average molecular weight is 263 g/mol. The molecule has 1 atom stereocenters. The molecule has 108 valence electrons. The van der Waals surface area contributed by atoms with Gasteiger partial charge in [-0.15, -0.1) is 0 Å². The van der Waals surface area contributed by atoms with Gasteiger partial charge in [-0.1, -0.05) is 20.8 Å². The molecule has 1 saturated carbocycles. The predicted octanol–water partition coefficient (Wildman–Crippen LogP) is 3.47. The van der Waals surface area contributed by atoms with Crippen molar-refractivity contribution in [2.24, 2.45) is 11.3 Å². The largest absolute Gasteiger partial charge is 0.336 e. The SMILES string of the molecule is CC(Cn1ccnc1)NC1CCC(C(C)(C)C)CC1. The molecule has 0 aromatic carbocycles. The number of nitrogens with one attached hydrogen (secondary N) is 1. The van der Waals surface area contributed by atoms with E-state index in [0.717, 1.165) is 12.5 Å². The van der Waals surface area contributed by atoms with E-state index in [1.807, 2.05) is 18.7 Å². The maximum Gasteiger partial charge on any atom is 0.0946 e. The second kappa shape index (κ2) is 6.08. The number of rotatable bonds is 4. The van der Waals surface area contributed by atoms with Crippen LogP contribution >= 0.6 is 0 Å². The summed E-state index contributed by atoms with van der Waals surface area (Å²) in [4.78, 5) is 4.09. The zero-order valence-corrected chi connectivity index (χ0v) is 12.9. The zero-order chi connectivity index (χ0) is 13.9. The quantitative estimate of drug-likeness (QED) is 0.901. The second-order valence-corrected chi connectivity index (χ2v) is 7.24. The Bertz CT molecular complexity index is 356. The summed E-state index contributed by atoms with van der Waals surface area (Å²) in [5, 5.41) is 3.78. The molecule has 1 aromatic heterocycles. The second-order valence-electron chi connectivity index (χ2n) is 7.24. The van der Waals surface area contributed by atoms with E-state index in [4.69, 9.17) is 0 Å². The van der Waals surface area contributed by atoms with Crippen LogP contribution < -0.4 is 5.32 Å². The standard InChI is InChI=1S/C16H29N3/c1-13(11-19-10-9-17-12-19)18-15-7-5-14(6-8-15)16(2,3)4/h9-10,12-15,18H,5-8,11H2,1-4H3. The van der Waals surface area contributed by atoms with Crippen LogP contribution in [0.25, 0.3) is 0 Å². The number of imidazole rings is 1. The molecule has 1 fully saturated rings. The van der Waals surface area contributed by atoms with E-state index in [0.29, 0.717) is 17.5 Å². The molecular formula is C16H29N3. The summed E-state index contributed by atoms with van der Waals surface area (Å²) in [7, 11) is 0. The third-order valence-corrected chi connectivity index (χ3v) is 4.52. The summed E-state index contributed by atoms with van der Waals surface area (Å²) in [6, 6.07) is 1.22. The Balaban J connectivity index is 1.73. The Hall–Kier alpha value is -0.830. The molecule has 1 aliphatic carbocycles. The van der Waals surface area contributed by atoms with Gasteiger partial charge >= 0.3 is 0 Å². The highest BCUT2D eigenvalue weighted by Crippen LogP contribution is 2.37. The fourth-order valence-corrected chi connectivity index (χ4v) is 3.29. The van der Waals surface area contributed by atoms with E-state index >= 15 is 0 Å². The maximum atomic E-state index is 4.09. The summed E-state index contributed by atoms with van der Waals surface area (Å²) < 4.78 is 2.15. The van der Waals surface area contributed by atoms with Gasteiger partial charge in [0, 0.05) is 31.0 Å². The van der Waals surface area contributed by atoms with Crippen molar-refractivity contribution in [3.63, 3.8) is 0 Å². The van der Waals surface area contributed by atoms with Crippen LogP contribution in [0, 0.1) is 11.3 Å². The molecule has 19 heavy (non-hydrogen) atoms. The number of nitrogens with zero attached hydrogens (tertiary/aromatic N) is 2. The molecule has 1 heterocycles. The highest BCUT2D eigenvalue weighted by Gasteiger charge is 2.29. The van der Waals surface area contributed by atoms with E-state index in [1.165, 1.54) is 25.7 Å². The first kappa shape index (κ1) is 14.6. The lowest BCUT2D eigenvalue weighted by atomic mass is 9.71. The fourth-order valence-electron chi connectivity index (χ4n) is 3.29. The van der Waals surface area contributed by atoms with Crippen molar-refractivity contribution in [2.75, 3.05) is 0 Å². The molecule has 1 unspecified atom stereocenters. The van der Waals surface area contributed by atoms with Crippen molar-refractivity contribution in [3.05, 3.63) is 18.7 Å². The van der Waals surface area contributed by atoms with Gasteiger partial charge in [-0.05, 0) is 43.9 Å². The first-order chi connectivity index (χ1) is 8.95. The van der Waals surface area contributed by atoms with Gasteiger partial charge in [-0.3, -0.25) is 0 Å². The number of hydrogen-bond donors (Lipinski definition) is 1. The molecule has 1 N–H and O–H groups in total. The predicted molar refractivity (Wildman–Crippen MR) is 80.0 cm³/mol. The topological polar surface area (TPSA) is 29.9 Å². The Morgan fingerprint density at radius 3 is 2.47 bits per heavy atom. The molecule has 3 nitrogen and oxygen atoms in total. The van der Waals surface area contributed by atoms with Gasteiger partial charge in [0.15, 0.2) is 0 Å². The molecule has 3 heteroatoms. The molecule has 0 radical (unpaired) electrons. The van der Waals surface area contributed by atoms with Gasteiger partial charge in [-0.25, -0.2) is 4.98 Å². The monoisotopic (exact) mass is 263 g/mol. The van der Waals surface area contributed by atoms with Crippen LogP contribution in [0.5, 0.6) is 0 Å². The number of aromatic nitrogens is 2. The first-order valence-corrected chi connectivity index (χ1v) is 7.67. The molecular weight excluding hydrogens is 234 g/mol. The summed E-state index contributed by atoms with van der Waals surface area (Å²) in [6.45, 7) is 10.4. The summed E-state index contributed by atoms with van der Waals surface area (Å²) >= 11 is 0. The minimum absolute atomic E-state index is 0.480. The van der Waals surface area contributed by atoms with Crippen LogP contribution in [-0.4, -0.2) is 21.6 Å². The van der Waals surface area contributed by atoms with Crippen LogP contribution in [-0.2, 0) is 6.54 Å². The first-order valence-electron chi connectivity index (χ1n) is 7.67. The molecule has 2 rings (SSSR count). The summed E-state index contributed by atoms with van der Waals surface area (Å²) in [5.41, 5.74) is 0.480. The van der Waals surface area contributed by atoms with Crippen molar-refractivity contribution >= 4 is 0 Å². The van der Waals surface area contributed by atoms with Crippen LogP contribution in [0.15, 0.2) is 18.7 Å². The molecule has 1 aliphatic rings. The molecule has 0 aliphatic heterocycles. The molecule has 1 aromatic rings. The highest BCUT2D eigenvalue weighted by molar-refractivity contribution is 4.85.